The quantitative estimate of drug-likeness (QED) is 0.760. The van der Waals surface area contributed by atoms with E-state index in [2.05, 4.69) is 47.3 Å². The fourth-order valence-corrected chi connectivity index (χ4v) is 2.15. The van der Waals surface area contributed by atoms with E-state index >= 15 is 0 Å². The van der Waals surface area contributed by atoms with Gasteiger partial charge in [-0.05, 0) is 42.1 Å². The van der Waals surface area contributed by atoms with E-state index in [4.69, 9.17) is 4.74 Å². The van der Waals surface area contributed by atoms with Crippen LogP contribution >= 0.6 is 0 Å². The molecule has 0 bridgehead atoms. The van der Waals surface area contributed by atoms with Crippen LogP contribution in [0.1, 0.15) is 18.9 Å². The summed E-state index contributed by atoms with van der Waals surface area (Å²) < 4.78 is 7.36. The fraction of sp³-hybridized carbons (Fsp3) is 0.467. The molecule has 1 aromatic heterocycles. The van der Waals surface area contributed by atoms with Crippen molar-refractivity contribution in [3.05, 3.63) is 36.0 Å². The van der Waals surface area contributed by atoms with E-state index in [1.807, 2.05) is 0 Å². The van der Waals surface area contributed by atoms with Gasteiger partial charge in [0.2, 0.25) is 0 Å². The third-order valence-electron chi connectivity index (χ3n) is 3.13. The van der Waals surface area contributed by atoms with Crippen LogP contribution in [0.2, 0.25) is 0 Å². The van der Waals surface area contributed by atoms with Crippen molar-refractivity contribution in [2.75, 3.05) is 20.3 Å². The van der Waals surface area contributed by atoms with Gasteiger partial charge in [-0.3, -0.25) is 0 Å². The first kappa shape index (κ1) is 13.1. The van der Waals surface area contributed by atoms with Gasteiger partial charge in [-0.15, -0.1) is 0 Å². The number of nitrogens with one attached hydrogen (secondary N) is 1. The zero-order valence-electron chi connectivity index (χ0n) is 11.3. The smallest absolute Gasteiger partial charge is 0.0641 e. The van der Waals surface area contributed by atoms with Crippen molar-refractivity contribution in [3.63, 3.8) is 0 Å². The molecule has 1 N–H and O–H groups in total. The van der Waals surface area contributed by atoms with Crippen LogP contribution in [0.25, 0.3) is 10.9 Å². The van der Waals surface area contributed by atoms with Crippen molar-refractivity contribution in [2.24, 2.45) is 0 Å². The standard InChI is InChI=1S/C15H22N2O/c1-3-7-16-12-13-4-5-15-14(11-13)6-8-17(15)9-10-18-2/h4-6,8,11,16H,3,7,9-10,12H2,1-2H3. The van der Waals surface area contributed by atoms with Gasteiger partial charge < -0.3 is 14.6 Å². The van der Waals surface area contributed by atoms with E-state index in [1.165, 1.54) is 22.9 Å². The number of rotatable bonds is 7. The zero-order chi connectivity index (χ0) is 12.8. The summed E-state index contributed by atoms with van der Waals surface area (Å²) >= 11 is 0. The lowest BCUT2D eigenvalue weighted by molar-refractivity contribution is 0.188. The number of ether oxygens (including phenoxy) is 1. The summed E-state index contributed by atoms with van der Waals surface area (Å²) in [5, 5.41) is 4.74. The van der Waals surface area contributed by atoms with Gasteiger partial charge in [0.15, 0.2) is 0 Å². The second-order valence-corrected chi connectivity index (χ2v) is 4.57. The van der Waals surface area contributed by atoms with Crippen LogP contribution in [0.4, 0.5) is 0 Å². The van der Waals surface area contributed by atoms with E-state index in [0.29, 0.717) is 0 Å². The highest BCUT2D eigenvalue weighted by atomic mass is 16.5. The van der Waals surface area contributed by atoms with Gasteiger partial charge in [0.1, 0.15) is 0 Å². The Hall–Kier alpha value is -1.32. The van der Waals surface area contributed by atoms with E-state index in [1.54, 1.807) is 7.11 Å². The Kier molecular flexibility index (Phi) is 4.79. The summed E-state index contributed by atoms with van der Waals surface area (Å²) in [5.41, 5.74) is 2.63. The van der Waals surface area contributed by atoms with Crippen molar-refractivity contribution in [1.82, 2.24) is 9.88 Å². The Labute approximate surface area is 109 Å². The molecule has 1 heterocycles. The van der Waals surface area contributed by atoms with Gasteiger partial charge in [-0.25, -0.2) is 0 Å². The van der Waals surface area contributed by atoms with E-state index in [0.717, 1.165) is 26.2 Å². The van der Waals surface area contributed by atoms with Crippen LogP contribution in [0.5, 0.6) is 0 Å². The van der Waals surface area contributed by atoms with Gasteiger partial charge in [0.05, 0.1) is 6.61 Å². The van der Waals surface area contributed by atoms with Crippen LogP contribution in [0.3, 0.4) is 0 Å². The molecular weight excluding hydrogens is 224 g/mol. The van der Waals surface area contributed by atoms with Crippen LogP contribution < -0.4 is 5.32 Å². The topological polar surface area (TPSA) is 26.2 Å². The second-order valence-electron chi connectivity index (χ2n) is 4.57. The molecule has 3 heteroatoms. The molecule has 3 nitrogen and oxygen atoms in total. The van der Waals surface area contributed by atoms with Crippen LogP contribution in [-0.2, 0) is 17.8 Å². The minimum atomic E-state index is 0.754. The van der Waals surface area contributed by atoms with Gasteiger partial charge >= 0.3 is 0 Å². The summed E-state index contributed by atoms with van der Waals surface area (Å²) in [4.78, 5) is 0. The molecule has 18 heavy (non-hydrogen) atoms. The summed E-state index contributed by atoms with van der Waals surface area (Å²) in [6, 6.07) is 8.85. The third kappa shape index (κ3) is 3.12. The predicted octanol–water partition coefficient (Wildman–Crippen LogP) is 2.79. The number of methoxy groups -OCH3 is 1. The molecule has 0 radical (unpaired) electrons. The molecule has 0 aliphatic rings. The van der Waals surface area contributed by atoms with Gasteiger partial charge in [0, 0.05) is 31.9 Å². The summed E-state index contributed by atoms with van der Waals surface area (Å²) in [6.07, 6.45) is 3.31. The molecule has 0 atom stereocenters. The summed E-state index contributed by atoms with van der Waals surface area (Å²) in [5.74, 6) is 0. The lowest BCUT2D eigenvalue weighted by atomic mass is 10.1. The normalized spacial score (nSPS) is 11.2. The maximum atomic E-state index is 5.12. The third-order valence-corrected chi connectivity index (χ3v) is 3.13. The summed E-state index contributed by atoms with van der Waals surface area (Å²) in [6.45, 7) is 5.88. The molecule has 0 unspecified atom stereocenters. The monoisotopic (exact) mass is 246 g/mol. The van der Waals surface area contributed by atoms with Crippen LogP contribution in [0, 0.1) is 0 Å². The molecular formula is C15H22N2O. The van der Waals surface area contributed by atoms with Crippen molar-refractivity contribution in [3.8, 4) is 0 Å². The maximum Gasteiger partial charge on any atom is 0.0641 e. The SMILES string of the molecule is CCCNCc1ccc2c(ccn2CCOC)c1. The number of nitrogens with zero attached hydrogens (tertiary/aromatic N) is 1. The predicted molar refractivity (Wildman–Crippen MR) is 75.8 cm³/mol. The zero-order valence-corrected chi connectivity index (χ0v) is 11.3. The van der Waals surface area contributed by atoms with Crippen molar-refractivity contribution >= 4 is 10.9 Å². The first-order chi connectivity index (χ1) is 8.85. The summed E-state index contributed by atoms with van der Waals surface area (Å²) in [7, 11) is 1.74. The van der Waals surface area contributed by atoms with E-state index in [-0.39, 0.29) is 0 Å². The molecule has 0 fully saturated rings. The number of hydrogen-bond acceptors (Lipinski definition) is 2. The lowest BCUT2D eigenvalue weighted by Crippen LogP contribution is -2.13. The Balaban J connectivity index is 2.10. The Morgan fingerprint density at radius 2 is 2.17 bits per heavy atom. The number of benzene rings is 1. The van der Waals surface area contributed by atoms with Crippen molar-refractivity contribution in [2.45, 2.75) is 26.4 Å². The second kappa shape index (κ2) is 6.57. The average Bonchev–Trinajstić information content (AvgIpc) is 2.79. The van der Waals surface area contributed by atoms with Gasteiger partial charge in [-0.2, -0.15) is 0 Å². The minimum absolute atomic E-state index is 0.754. The molecule has 0 aliphatic carbocycles. The molecule has 0 saturated heterocycles. The van der Waals surface area contributed by atoms with Gasteiger partial charge in [0.25, 0.3) is 0 Å². The van der Waals surface area contributed by atoms with Crippen LogP contribution in [0.15, 0.2) is 30.5 Å². The van der Waals surface area contributed by atoms with Gasteiger partial charge in [-0.1, -0.05) is 13.0 Å². The highest BCUT2D eigenvalue weighted by Crippen LogP contribution is 2.17. The number of fused-ring (bicyclic) bond motifs is 1. The average molecular weight is 246 g/mol. The first-order valence-electron chi connectivity index (χ1n) is 6.62. The molecule has 0 amide bonds. The molecule has 0 saturated carbocycles. The number of aromatic nitrogens is 1. The molecule has 1 aromatic carbocycles. The Morgan fingerprint density at radius 3 is 2.94 bits per heavy atom. The minimum Gasteiger partial charge on any atom is -0.383 e. The molecule has 98 valence electrons. The largest absolute Gasteiger partial charge is 0.383 e. The first-order valence-corrected chi connectivity index (χ1v) is 6.62. The Bertz CT molecular complexity index is 490. The van der Waals surface area contributed by atoms with Crippen molar-refractivity contribution in [1.29, 1.82) is 0 Å². The fourth-order valence-electron chi connectivity index (χ4n) is 2.15. The lowest BCUT2D eigenvalue weighted by Gasteiger charge is -2.06. The molecule has 2 rings (SSSR count). The molecule has 2 aromatic rings. The molecule has 0 aliphatic heterocycles. The highest BCUT2D eigenvalue weighted by Gasteiger charge is 2.02. The Morgan fingerprint density at radius 1 is 1.28 bits per heavy atom. The van der Waals surface area contributed by atoms with E-state index < -0.39 is 0 Å². The van der Waals surface area contributed by atoms with E-state index in [9.17, 15) is 0 Å². The highest BCUT2D eigenvalue weighted by molar-refractivity contribution is 5.80. The molecule has 0 spiro atoms. The maximum absolute atomic E-state index is 5.12. The van der Waals surface area contributed by atoms with Crippen molar-refractivity contribution < 1.29 is 4.74 Å². The number of hydrogen-bond donors (Lipinski definition) is 1. The van der Waals surface area contributed by atoms with Crippen LogP contribution in [-0.4, -0.2) is 24.8 Å².